The van der Waals surface area contributed by atoms with Crippen LogP contribution < -0.4 is 5.32 Å². The summed E-state index contributed by atoms with van der Waals surface area (Å²) in [6.45, 7) is 4.83. The largest absolute Gasteiger partial charge is 0.481 e. The number of nitrogens with zero attached hydrogens (tertiary/aromatic N) is 3. The number of carbonyl (C=O) groups excluding carboxylic acids is 1. The Labute approximate surface area is 177 Å². The first-order chi connectivity index (χ1) is 14.4. The van der Waals surface area contributed by atoms with Crippen molar-refractivity contribution in [3.8, 4) is 0 Å². The highest BCUT2D eigenvalue weighted by molar-refractivity contribution is 5.80. The maximum absolute atomic E-state index is 12.3. The second kappa shape index (κ2) is 10.3. The minimum atomic E-state index is -0.946. The van der Waals surface area contributed by atoms with Crippen LogP contribution in [0.15, 0.2) is 18.5 Å². The molecule has 0 saturated carbocycles. The molecule has 0 amide bonds. The van der Waals surface area contributed by atoms with Crippen LogP contribution in [-0.2, 0) is 22.4 Å². The summed E-state index contributed by atoms with van der Waals surface area (Å²) in [5, 5.41) is 12.9. The van der Waals surface area contributed by atoms with Gasteiger partial charge >= 0.3 is 5.97 Å². The lowest BCUT2D eigenvalue weighted by molar-refractivity contribution is -0.139. The highest BCUT2D eigenvalue weighted by atomic mass is 16.4. The normalized spacial score (nSPS) is 13.9. The molecule has 1 atom stereocenters. The quantitative estimate of drug-likeness (QED) is 0.574. The molecule has 0 radical (unpaired) electrons. The van der Waals surface area contributed by atoms with Gasteiger partial charge in [-0.25, -0.2) is 15.0 Å². The van der Waals surface area contributed by atoms with Crippen LogP contribution in [-0.4, -0.2) is 38.4 Å². The van der Waals surface area contributed by atoms with E-state index in [1.807, 2.05) is 0 Å². The molecular weight excluding hydrogens is 380 g/mol. The van der Waals surface area contributed by atoms with Gasteiger partial charge in [-0.2, -0.15) is 0 Å². The fraction of sp³-hybridized carbons (Fsp3) is 0.522. The van der Waals surface area contributed by atoms with E-state index in [1.165, 1.54) is 23.5 Å². The second-order valence-corrected chi connectivity index (χ2v) is 8.03. The van der Waals surface area contributed by atoms with Crippen molar-refractivity contribution in [3.05, 3.63) is 46.7 Å². The van der Waals surface area contributed by atoms with Gasteiger partial charge in [-0.3, -0.25) is 9.59 Å². The van der Waals surface area contributed by atoms with Crippen LogP contribution >= 0.6 is 0 Å². The van der Waals surface area contributed by atoms with Crippen molar-refractivity contribution < 1.29 is 14.7 Å². The van der Waals surface area contributed by atoms with Crippen LogP contribution in [0.3, 0.4) is 0 Å². The molecule has 30 heavy (non-hydrogen) atoms. The van der Waals surface area contributed by atoms with Crippen LogP contribution in [0.25, 0.3) is 0 Å². The summed E-state index contributed by atoms with van der Waals surface area (Å²) in [4.78, 5) is 36.7. The van der Waals surface area contributed by atoms with Gasteiger partial charge in [0.2, 0.25) is 0 Å². The Bertz CT molecular complexity index is 896. The van der Waals surface area contributed by atoms with Gasteiger partial charge in [0.15, 0.2) is 0 Å². The summed E-state index contributed by atoms with van der Waals surface area (Å²) < 4.78 is 0. The number of pyridine rings is 1. The fourth-order valence-corrected chi connectivity index (χ4v) is 3.85. The Morgan fingerprint density at radius 2 is 1.93 bits per heavy atom. The number of aryl methyl sites for hydroxylation is 4. The second-order valence-electron chi connectivity index (χ2n) is 8.03. The van der Waals surface area contributed by atoms with Crippen molar-refractivity contribution in [1.82, 2.24) is 15.0 Å². The van der Waals surface area contributed by atoms with E-state index in [-0.39, 0.29) is 18.6 Å². The van der Waals surface area contributed by atoms with E-state index in [0.29, 0.717) is 17.8 Å². The van der Waals surface area contributed by atoms with Gasteiger partial charge in [-0.05, 0) is 63.5 Å². The zero-order valence-electron chi connectivity index (χ0n) is 17.8. The predicted octanol–water partition coefficient (Wildman–Crippen LogP) is 3.78. The van der Waals surface area contributed by atoms with Gasteiger partial charge in [0.1, 0.15) is 17.4 Å². The molecular formula is C23H30N4O3. The van der Waals surface area contributed by atoms with Gasteiger partial charge in [0.05, 0.1) is 5.92 Å². The van der Waals surface area contributed by atoms with E-state index < -0.39 is 11.9 Å². The molecule has 3 heterocycles. The van der Waals surface area contributed by atoms with E-state index in [0.717, 1.165) is 50.2 Å². The Hall–Kier alpha value is -2.83. The van der Waals surface area contributed by atoms with Crippen LogP contribution in [0.2, 0.25) is 0 Å². The number of carboxylic acid groups (broad SMARTS) is 1. The number of hydrogen-bond acceptors (Lipinski definition) is 6. The number of ketones is 1. The van der Waals surface area contributed by atoms with Crippen molar-refractivity contribution in [3.63, 3.8) is 0 Å². The van der Waals surface area contributed by atoms with E-state index in [4.69, 9.17) is 4.98 Å². The molecule has 2 aromatic heterocycles. The van der Waals surface area contributed by atoms with Crippen molar-refractivity contribution in [2.24, 2.45) is 0 Å². The van der Waals surface area contributed by atoms with E-state index in [1.54, 1.807) is 6.92 Å². The molecule has 7 heteroatoms. The first-order valence-electron chi connectivity index (χ1n) is 10.7. The molecule has 7 nitrogen and oxygen atoms in total. The predicted molar refractivity (Wildman–Crippen MR) is 115 cm³/mol. The number of aliphatic carboxylic acids is 1. The molecule has 0 saturated heterocycles. The van der Waals surface area contributed by atoms with Gasteiger partial charge in [-0.1, -0.05) is 6.07 Å². The topological polar surface area (TPSA) is 105 Å². The molecule has 1 aliphatic heterocycles. The van der Waals surface area contributed by atoms with Gasteiger partial charge in [0, 0.05) is 43.0 Å². The van der Waals surface area contributed by atoms with Gasteiger partial charge < -0.3 is 10.4 Å². The SMILES string of the molecule is Cc1ncc([C@@H](CCC(=O)CCCCc2nc3c(cc2C)CCCN3)C(=O)O)cn1. The van der Waals surface area contributed by atoms with Gasteiger partial charge in [-0.15, -0.1) is 0 Å². The highest BCUT2D eigenvalue weighted by Gasteiger charge is 2.21. The Balaban J connectivity index is 1.43. The minimum absolute atomic E-state index is 0.103. The summed E-state index contributed by atoms with van der Waals surface area (Å²) in [5.74, 6) is 0.0180. The number of unbranched alkanes of at least 4 members (excludes halogenated alkanes) is 1. The third kappa shape index (κ3) is 5.84. The van der Waals surface area contributed by atoms with Gasteiger partial charge in [0.25, 0.3) is 0 Å². The van der Waals surface area contributed by atoms with Crippen molar-refractivity contribution >= 4 is 17.6 Å². The third-order valence-corrected chi connectivity index (χ3v) is 5.64. The monoisotopic (exact) mass is 410 g/mol. The van der Waals surface area contributed by atoms with Crippen molar-refractivity contribution in [2.75, 3.05) is 11.9 Å². The van der Waals surface area contributed by atoms with Crippen LogP contribution in [0.1, 0.15) is 72.7 Å². The number of rotatable bonds is 10. The summed E-state index contributed by atoms with van der Waals surface area (Å²) >= 11 is 0. The van der Waals surface area contributed by atoms with Crippen molar-refractivity contribution in [2.45, 2.75) is 71.1 Å². The minimum Gasteiger partial charge on any atom is -0.481 e. The van der Waals surface area contributed by atoms with E-state index in [9.17, 15) is 14.7 Å². The summed E-state index contributed by atoms with van der Waals surface area (Å²) in [6, 6.07) is 2.23. The number of carboxylic acids is 1. The fourth-order valence-electron chi connectivity index (χ4n) is 3.85. The van der Waals surface area contributed by atoms with Crippen LogP contribution in [0.4, 0.5) is 5.82 Å². The molecule has 0 fully saturated rings. The number of carbonyl (C=O) groups is 2. The first-order valence-corrected chi connectivity index (χ1v) is 10.7. The number of Topliss-reactive ketones (excluding diaryl/α,β-unsaturated/α-hetero) is 1. The van der Waals surface area contributed by atoms with E-state index >= 15 is 0 Å². The highest BCUT2D eigenvalue weighted by Crippen LogP contribution is 2.24. The Morgan fingerprint density at radius 3 is 2.67 bits per heavy atom. The first kappa shape index (κ1) is 21.9. The molecule has 0 unspecified atom stereocenters. The maximum Gasteiger partial charge on any atom is 0.311 e. The standard InChI is InChI=1S/C23H30N4O3/c1-15-12-17-6-5-11-24-22(17)27-21(15)8-4-3-7-19(28)9-10-20(23(29)30)18-13-25-16(2)26-14-18/h12-14,20H,3-11H2,1-2H3,(H,24,27)(H,29,30)/t20-/m1/s1. The zero-order chi connectivity index (χ0) is 21.5. The molecule has 0 aliphatic carbocycles. The number of nitrogens with one attached hydrogen (secondary N) is 1. The molecule has 0 aromatic carbocycles. The maximum atomic E-state index is 12.3. The lowest BCUT2D eigenvalue weighted by Crippen LogP contribution is -2.15. The summed E-state index contributed by atoms with van der Waals surface area (Å²) in [6.07, 6.45) is 8.84. The number of fused-ring (bicyclic) bond motifs is 1. The molecule has 160 valence electrons. The van der Waals surface area contributed by atoms with Crippen LogP contribution in [0, 0.1) is 13.8 Å². The van der Waals surface area contributed by atoms with Crippen molar-refractivity contribution in [1.29, 1.82) is 0 Å². The molecule has 3 rings (SSSR count). The lowest BCUT2D eigenvalue weighted by atomic mass is 9.94. The molecule has 0 spiro atoms. The number of aromatic nitrogens is 3. The molecule has 2 N–H and O–H groups in total. The number of anilines is 1. The smallest absolute Gasteiger partial charge is 0.311 e. The van der Waals surface area contributed by atoms with Crippen LogP contribution in [0.5, 0.6) is 0 Å². The average Bonchev–Trinajstić information content (AvgIpc) is 2.72. The number of hydrogen-bond donors (Lipinski definition) is 2. The zero-order valence-corrected chi connectivity index (χ0v) is 17.8. The van der Waals surface area contributed by atoms with E-state index in [2.05, 4.69) is 28.3 Å². The molecule has 2 aromatic rings. The lowest BCUT2D eigenvalue weighted by Gasteiger charge is -2.19. The summed E-state index contributed by atoms with van der Waals surface area (Å²) in [5.41, 5.74) is 4.16. The average molecular weight is 411 g/mol. The Morgan fingerprint density at radius 1 is 1.17 bits per heavy atom. The third-order valence-electron chi connectivity index (χ3n) is 5.64. The molecule has 0 bridgehead atoms. The Kier molecular flexibility index (Phi) is 7.49. The summed E-state index contributed by atoms with van der Waals surface area (Å²) in [7, 11) is 0. The molecule has 1 aliphatic rings.